The third-order valence-corrected chi connectivity index (χ3v) is 3.38. The molecule has 0 atom stereocenters. The highest BCUT2D eigenvalue weighted by atomic mass is 16.5. The largest absolute Gasteiger partial charge is 0.383 e. The zero-order chi connectivity index (χ0) is 16.5. The van der Waals surface area contributed by atoms with Gasteiger partial charge in [0.2, 0.25) is 0 Å². The van der Waals surface area contributed by atoms with Crippen LogP contribution in [0.25, 0.3) is 0 Å². The molecule has 0 fully saturated rings. The lowest BCUT2D eigenvalue weighted by Gasteiger charge is -2.21. The van der Waals surface area contributed by atoms with E-state index in [4.69, 9.17) is 9.47 Å². The summed E-state index contributed by atoms with van der Waals surface area (Å²) in [6.45, 7) is 5.37. The van der Waals surface area contributed by atoms with Gasteiger partial charge in [-0.15, -0.1) is 0 Å². The van der Waals surface area contributed by atoms with E-state index in [-0.39, 0.29) is 0 Å². The number of ether oxygens (including phenoxy) is 2. The zero-order valence-corrected chi connectivity index (χ0v) is 13.6. The number of hydrogen-bond donors (Lipinski definition) is 1. The Bertz CT molecular complexity index is 509. The van der Waals surface area contributed by atoms with Gasteiger partial charge in [-0.25, -0.2) is 0 Å². The topological polar surface area (TPSA) is 67.9 Å². The van der Waals surface area contributed by atoms with Crippen molar-refractivity contribution in [2.24, 2.45) is 0 Å². The molecule has 0 saturated heterocycles. The first-order chi connectivity index (χ1) is 10.5. The van der Waals surface area contributed by atoms with E-state index in [2.05, 4.69) is 5.32 Å². The first-order valence-electron chi connectivity index (χ1n) is 7.15. The summed E-state index contributed by atoms with van der Waals surface area (Å²) in [4.78, 5) is 25.7. The number of benzene rings is 1. The second kappa shape index (κ2) is 9.17. The lowest BCUT2D eigenvalue weighted by molar-refractivity contribution is -0.144. The number of nitrogens with one attached hydrogen (secondary N) is 1. The minimum absolute atomic E-state index is 0.346. The van der Waals surface area contributed by atoms with Gasteiger partial charge in [0.05, 0.1) is 13.2 Å². The van der Waals surface area contributed by atoms with Crippen LogP contribution in [0.2, 0.25) is 0 Å². The molecule has 0 aliphatic rings. The lowest BCUT2D eigenvalue weighted by Crippen LogP contribution is -2.43. The Morgan fingerprint density at radius 2 is 1.64 bits per heavy atom. The zero-order valence-electron chi connectivity index (χ0n) is 13.6. The van der Waals surface area contributed by atoms with E-state index in [9.17, 15) is 9.59 Å². The quantitative estimate of drug-likeness (QED) is 0.772. The number of carbonyl (C=O) groups excluding carboxylic acids is 2. The standard InChI is InChI=1S/C16H24N2O4/c1-12-5-6-14(11-13(12)2)17-15(19)16(20)18(7-9-21-3)8-10-22-4/h5-6,11H,7-10H2,1-4H3,(H,17,19). The Kier molecular flexibility index (Phi) is 7.56. The van der Waals surface area contributed by atoms with Gasteiger partial charge in [0.1, 0.15) is 0 Å². The van der Waals surface area contributed by atoms with Gasteiger partial charge in [-0.05, 0) is 37.1 Å². The molecule has 122 valence electrons. The molecule has 0 aliphatic carbocycles. The minimum atomic E-state index is -0.657. The lowest BCUT2D eigenvalue weighted by atomic mass is 10.1. The molecule has 22 heavy (non-hydrogen) atoms. The highest BCUT2D eigenvalue weighted by Crippen LogP contribution is 2.14. The predicted octanol–water partition coefficient (Wildman–Crippen LogP) is 1.36. The van der Waals surface area contributed by atoms with Crippen LogP contribution in [0.5, 0.6) is 0 Å². The molecule has 0 saturated carbocycles. The van der Waals surface area contributed by atoms with Crippen molar-refractivity contribution >= 4 is 17.5 Å². The van der Waals surface area contributed by atoms with Crippen molar-refractivity contribution in [1.82, 2.24) is 4.90 Å². The number of aryl methyl sites for hydroxylation is 2. The van der Waals surface area contributed by atoms with Gasteiger partial charge in [0.25, 0.3) is 0 Å². The maximum absolute atomic E-state index is 12.2. The number of carbonyl (C=O) groups is 2. The molecule has 6 heteroatoms. The summed E-state index contributed by atoms with van der Waals surface area (Å²) in [5.41, 5.74) is 2.80. The van der Waals surface area contributed by atoms with Crippen LogP contribution in [0.15, 0.2) is 18.2 Å². The van der Waals surface area contributed by atoms with Crippen LogP contribution in [0.1, 0.15) is 11.1 Å². The third-order valence-electron chi connectivity index (χ3n) is 3.38. The molecule has 0 unspecified atom stereocenters. The Morgan fingerprint density at radius 3 is 2.14 bits per heavy atom. The van der Waals surface area contributed by atoms with E-state index in [1.807, 2.05) is 26.0 Å². The minimum Gasteiger partial charge on any atom is -0.383 e. The summed E-state index contributed by atoms with van der Waals surface area (Å²) < 4.78 is 9.93. The smallest absolute Gasteiger partial charge is 0.313 e. The Hall–Kier alpha value is -1.92. The second-order valence-electron chi connectivity index (χ2n) is 5.03. The molecule has 1 N–H and O–H groups in total. The fourth-order valence-electron chi connectivity index (χ4n) is 1.87. The SMILES string of the molecule is COCCN(CCOC)C(=O)C(=O)Nc1ccc(C)c(C)c1. The van der Waals surface area contributed by atoms with Crippen LogP contribution < -0.4 is 5.32 Å². The molecule has 0 radical (unpaired) electrons. The Morgan fingerprint density at radius 1 is 1.05 bits per heavy atom. The summed E-state index contributed by atoms with van der Waals surface area (Å²) >= 11 is 0. The van der Waals surface area contributed by atoms with Crippen LogP contribution in [0.4, 0.5) is 5.69 Å². The molecule has 0 bridgehead atoms. The molecule has 6 nitrogen and oxygen atoms in total. The summed E-state index contributed by atoms with van der Waals surface area (Å²) in [6.07, 6.45) is 0. The van der Waals surface area contributed by atoms with Crippen molar-refractivity contribution in [3.8, 4) is 0 Å². The summed E-state index contributed by atoms with van der Waals surface area (Å²) in [5, 5.41) is 2.63. The number of amides is 2. The molecule has 0 spiro atoms. The molecular weight excluding hydrogens is 284 g/mol. The van der Waals surface area contributed by atoms with Gasteiger partial charge in [-0.1, -0.05) is 6.07 Å². The van der Waals surface area contributed by atoms with Gasteiger partial charge in [0.15, 0.2) is 0 Å². The average Bonchev–Trinajstić information content (AvgIpc) is 2.50. The predicted molar refractivity (Wildman–Crippen MR) is 84.9 cm³/mol. The molecule has 0 aromatic heterocycles. The molecule has 1 aromatic carbocycles. The van der Waals surface area contributed by atoms with Crippen molar-refractivity contribution in [3.63, 3.8) is 0 Å². The van der Waals surface area contributed by atoms with Gasteiger partial charge in [-0.3, -0.25) is 9.59 Å². The highest BCUT2D eigenvalue weighted by molar-refractivity contribution is 6.39. The number of anilines is 1. The Labute approximate surface area is 131 Å². The van der Waals surface area contributed by atoms with E-state index in [0.717, 1.165) is 11.1 Å². The van der Waals surface area contributed by atoms with Gasteiger partial charge in [-0.2, -0.15) is 0 Å². The number of nitrogens with zero attached hydrogens (tertiary/aromatic N) is 1. The first-order valence-corrected chi connectivity index (χ1v) is 7.15. The number of methoxy groups -OCH3 is 2. The van der Waals surface area contributed by atoms with Crippen LogP contribution in [-0.2, 0) is 19.1 Å². The first kappa shape index (κ1) is 18.1. The van der Waals surface area contributed by atoms with Gasteiger partial charge >= 0.3 is 11.8 Å². The molecule has 1 aromatic rings. The summed E-state index contributed by atoms with van der Waals surface area (Å²) in [7, 11) is 3.10. The van der Waals surface area contributed by atoms with Crippen molar-refractivity contribution < 1.29 is 19.1 Å². The van der Waals surface area contributed by atoms with Crippen molar-refractivity contribution in [2.45, 2.75) is 13.8 Å². The van der Waals surface area contributed by atoms with Crippen LogP contribution in [0, 0.1) is 13.8 Å². The molecule has 0 heterocycles. The normalized spacial score (nSPS) is 10.4. The van der Waals surface area contributed by atoms with Crippen LogP contribution >= 0.6 is 0 Å². The fourth-order valence-corrected chi connectivity index (χ4v) is 1.87. The van der Waals surface area contributed by atoms with Crippen molar-refractivity contribution in [1.29, 1.82) is 0 Å². The maximum atomic E-state index is 12.2. The monoisotopic (exact) mass is 308 g/mol. The van der Waals surface area contributed by atoms with E-state index >= 15 is 0 Å². The number of hydrogen-bond acceptors (Lipinski definition) is 4. The van der Waals surface area contributed by atoms with Crippen LogP contribution in [0.3, 0.4) is 0 Å². The van der Waals surface area contributed by atoms with Crippen molar-refractivity contribution in [2.75, 3.05) is 45.8 Å². The highest BCUT2D eigenvalue weighted by Gasteiger charge is 2.21. The van der Waals surface area contributed by atoms with E-state index in [1.165, 1.54) is 4.90 Å². The van der Waals surface area contributed by atoms with E-state index in [0.29, 0.717) is 32.0 Å². The second-order valence-corrected chi connectivity index (χ2v) is 5.03. The van der Waals surface area contributed by atoms with Crippen LogP contribution in [-0.4, -0.2) is 57.2 Å². The van der Waals surface area contributed by atoms with Gasteiger partial charge in [0, 0.05) is 33.0 Å². The molecule has 1 rings (SSSR count). The van der Waals surface area contributed by atoms with Gasteiger partial charge < -0.3 is 19.7 Å². The average molecular weight is 308 g/mol. The Balaban J connectivity index is 2.70. The van der Waals surface area contributed by atoms with Crippen molar-refractivity contribution in [3.05, 3.63) is 29.3 Å². The summed E-state index contributed by atoms with van der Waals surface area (Å²) in [5.74, 6) is -1.25. The van der Waals surface area contributed by atoms with E-state index in [1.54, 1.807) is 20.3 Å². The summed E-state index contributed by atoms with van der Waals surface area (Å²) in [6, 6.07) is 5.53. The van der Waals surface area contributed by atoms with E-state index < -0.39 is 11.8 Å². The molecule has 2 amide bonds. The fraction of sp³-hybridized carbons (Fsp3) is 0.500. The molecular formula is C16H24N2O4. The molecule has 0 aliphatic heterocycles. The third kappa shape index (κ3) is 5.46. The number of rotatable bonds is 7. The maximum Gasteiger partial charge on any atom is 0.313 e.